The van der Waals surface area contributed by atoms with E-state index in [1.807, 2.05) is 18.2 Å². The molecule has 0 radical (unpaired) electrons. The van der Waals surface area contributed by atoms with Crippen LogP contribution in [-0.4, -0.2) is 62.1 Å². The molecule has 3 aliphatic rings. The molecule has 2 fully saturated rings. The lowest BCUT2D eigenvalue weighted by Crippen LogP contribution is -2.71. The van der Waals surface area contributed by atoms with Crippen molar-refractivity contribution in [2.24, 2.45) is 4.99 Å². The number of isocyanates is 1. The van der Waals surface area contributed by atoms with Crippen molar-refractivity contribution < 1.29 is 24.3 Å². The number of β-lactam (4-membered cyclic amide) rings is 1. The van der Waals surface area contributed by atoms with Gasteiger partial charge in [0.15, 0.2) is 6.04 Å². The Hall–Kier alpha value is -2.38. The summed E-state index contributed by atoms with van der Waals surface area (Å²) in [4.78, 5) is 52.2. The summed E-state index contributed by atoms with van der Waals surface area (Å²) in [7, 11) is 0. The van der Waals surface area contributed by atoms with Crippen molar-refractivity contribution in [3.05, 3.63) is 23.8 Å². The molecule has 0 aromatic rings. The summed E-state index contributed by atoms with van der Waals surface area (Å²) in [6.45, 7) is 3.53. The Balaban J connectivity index is 1.74. The van der Waals surface area contributed by atoms with Crippen LogP contribution < -0.4 is 5.32 Å². The van der Waals surface area contributed by atoms with Crippen LogP contribution in [0, 0.1) is 0 Å². The van der Waals surface area contributed by atoms with Crippen LogP contribution in [0.15, 0.2) is 28.8 Å². The van der Waals surface area contributed by atoms with Crippen LogP contribution in [0.1, 0.15) is 26.7 Å². The summed E-state index contributed by atoms with van der Waals surface area (Å²) in [5, 5.41) is 11.6. The van der Waals surface area contributed by atoms with Gasteiger partial charge in [0.1, 0.15) is 17.5 Å². The van der Waals surface area contributed by atoms with Crippen molar-refractivity contribution >= 4 is 35.6 Å². The van der Waals surface area contributed by atoms with Crippen molar-refractivity contribution in [3.8, 4) is 0 Å². The van der Waals surface area contributed by atoms with Crippen molar-refractivity contribution in [2.75, 3.05) is 0 Å². The average molecular weight is 377 g/mol. The number of fused-ring (bicyclic) bond motifs is 1. The van der Waals surface area contributed by atoms with Gasteiger partial charge in [-0.1, -0.05) is 18.2 Å². The van der Waals surface area contributed by atoms with Crippen molar-refractivity contribution in [1.82, 2.24) is 10.2 Å². The summed E-state index contributed by atoms with van der Waals surface area (Å²) in [5.74, 6) is -2.05. The van der Waals surface area contributed by atoms with Gasteiger partial charge in [0, 0.05) is 4.75 Å². The smallest absolute Gasteiger partial charge is 0.327 e. The van der Waals surface area contributed by atoms with Gasteiger partial charge >= 0.3 is 5.97 Å². The largest absolute Gasteiger partial charge is 0.480 e. The lowest BCUT2D eigenvalue weighted by molar-refractivity contribution is -0.161. The molecule has 2 aliphatic heterocycles. The van der Waals surface area contributed by atoms with Gasteiger partial charge < -0.3 is 15.3 Å². The zero-order chi connectivity index (χ0) is 19.1. The van der Waals surface area contributed by atoms with E-state index in [1.54, 1.807) is 13.8 Å². The number of hydrogen-bond acceptors (Lipinski definition) is 6. The summed E-state index contributed by atoms with van der Waals surface area (Å²) in [6.07, 6.45) is 8.23. The molecule has 1 aliphatic carbocycles. The molecule has 2 N–H and O–H groups in total. The van der Waals surface area contributed by atoms with E-state index in [0.717, 1.165) is 0 Å². The monoisotopic (exact) mass is 377 g/mol. The summed E-state index contributed by atoms with van der Waals surface area (Å²) in [5.41, 5.74) is 0.680. The van der Waals surface area contributed by atoms with Crippen LogP contribution in [-0.2, 0) is 19.2 Å². The van der Waals surface area contributed by atoms with Gasteiger partial charge in [0.2, 0.25) is 12.0 Å². The topological polar surface area (TPSA) is 116 Å². The highest BCUT2D eigenvalue weighted by molar-refractivity contribution is 8.01. The second kappa shape index (κ2) is 6.74. The fourth-order valence-electron chi connectivity index (χ4n) is 3.58. The molecule has 8 nitrogen and oxygen atoms in total. The minimum Gasteiger partial charge on any atom is -0.480 e. The third kappa shape index (κ3) is 2.97. The molecule has 0 aromatic heterocycles. The molecule has 138 valence electrons. The Morgan fingerprint density at radius 3 is 2.77 bits per heavy atom. The number of carboxylic acids is 1. The first-order valence-corrected chi connectivity index (χ1v) is 9.10. The average Bonchev–Trinajstić information content (AvgIpc) is 2.86. The molecule has 0 spiro atoms. The van der Waals surface area contributed by atoms with Crippen molar-refractivity contribution in [2.45, 2.75) is 54.9 Å². The quantitative estimate of drug-likeness (QED) is 0.314. The fourth-order valence-corrected chi connectivity index (χ4v) is 5.21. The van der Waals surface area contributed by atoms with Crippen LogP contribution in [0.2, 0.25) is 0 Å². The van der Waals surface area contributed by atoms with Gasteiger partial charge in [0.25, 0.3) is 5.91 Å². The van der Waals surface area contributed by atoms with E-state index in [1.165, 1.54) is 22.7 Å². The first-order valence-electron chi connectivity index (χ1n) is 8.22. The lowest BCUT2D eigenvalue weighted by Gasteiger charge is -2.43. The molecular weight excluding hydrogens is 358 g/mol. The van der Waals surface area contributed by atoms with Gasteiger partial charge in [-0.25, -0.2) is 9.59 Å². The van der Waals surface area contributed by atoms with E-state index in [0.29, 0.717) is 18.4 Å². The Bertz CT molecular complexity index is 768. The van der Waals surface area contributed by atoms with Crippen LogP contribution in [0.5, 0.6) is 0 Å². The minimum absolute atomic E-state index is 0.430. The predicted octanol–water partition coefficient (Wildman–Crippen LogP) is 0.599. The highest BCUT2D eigenvalue weighted by atomic mass is 32.2. The van der Waals surface area contributed by atoms with Gasteiger partial charge in [-0.2, -0.15) is 4.99 Å². The van der Waals surface area contributed by atoms with E-state index < -0.39 is 46.0 Å². The van der Waals surface area contributed by atoms with Crippen LogP contribution in [0.3, 0.4) is 0 Å². The summed E-state index contributed by atoms with van der Waals surface area (Å²) >= 11 is 1.34. The first kappa shape index (κ1) is 18.4. The van der Waals surface area contributed by atoms with Crippen molar-refractivity contribution in [1.29, 1.82) is 0 Å². The third-order valence-corrected chi connectivity index (χ3v) is 6.36. The maximum Gasteiger partial charge on any atom is 0.327 e. The zero-order valence-electron chi connectivity index (χ0n) is 14.3. The van der Waals surface area contributed by atoms with E-state index in [-0.39, 0.29) is 0 Å². The van der Waals surface area contributed by atoms with Gasteiger partial charge in [-0.3, -0.25) is 9.59 Å². The first-order chi connectivity index (χ1) is 12.3. The third-order valence-electron chi connectivity index (χ3n) is 4.79. The summed E-state index contributed by atoms with van der Waals surface area (Å²) < 4.78 is -0.664. The molecule has 1 unspecified atom stereocenters. The van der Waals surface area contributed by atoms with Crippen LogP contribution in [0.25, 0.3) is 0 Å². The van der Waals surface area contributed by atoms with E-state index in [2.05, 4.69) is 10.3 Å². The van der Waals surface area contributed by atoms with Gasteiger partial charge in [-0.15, -0.1) is 11.8 Å². The zero-order valence-corrected chi connectivity index (χ0v) is 15.2. The van der Waals surface area contributed by atoms with E-state index in [9.17, 15) is 24.3 Å². The number of carboxylic acid groups (broad SMARTS) is 1. The van der Waals surface area contributed by atoms with Gasteiger partial charge in [-0.05, 0) is 32.3 Å². The molecule has 3 rings (SSSR count). The van der Waals surface area contributed by atoms with E-state index in [4.69, 9.17) is 0 Å². The Morgan fingerprint density at radius 1 is 1.46 bits per heavy atom. The minimum atomic E-state index is -1.06. The number of nitrogens with one attached hydrogen (secondary N) is 1. The SMILES string of the molecule is CC1(C)S[C@@H]2[C@H](NC(=O)C(N=C=O)C3=CCC=CC3)C(=O)N2[C@H]1C(=O)O. The maximum absolute atomic E-state index is 12.6. The number of aliphatic imine (C=N–C) groups is 1. The molecule has 2 saturated heterocycles. The number of amides is 2. The van der Waals surface area contributed by atoms with Crippen LogP contribution >= 0.6 is 11.8 Å². The number of allylic oxidation sites excluding steroid dienone is 3. The Labute approximate surface area is 154 Å². The Kier molecular flexibility index (Phi) is 4.77. The molecule has 26 heavy (non-hydrogen) atoms. The number of aliphatic carboxylic acids is 1. The van der Waals surface area contributed by atoms with Crippen molar-refractivity contribution in [3.63, 3.8) is 0 Å². The standard InChI is InChI=1S/C17H19N3O5S/c1-17(2)12(16(24)25)20-14(23)11(15(20)26-17)19-13(22)10(18-8-21)9-6-4-3-5-7-9/h3-4,7,10-12,15H,5-6H2,1-2H3,(H,19,22)(H,24,25)/t10?,11-,12+,15-/m1/s1. The molecule has 4 atom stereocenters. The van der Waals surface area contributed by atoms with Gasteiger partial charge in [0.05, 0.1) is 0 Å². The number of rotatable bonds is 5. The predicted molar refractivity (Wildman–Crippen MR) is 94.0 cm³/mol. The molecule has 2 amide bonds. The molecule has 9 heteroatoms. The number of carbonyl (C=O) groups excluding carboxylic acids is 3. The molecule has 2 heterocycles. The molecule has 0 aromatic carbocycles. The highest BCUT2D eigenvalue weighted by Crippen LogP contribution is 2.50. The summed E-state index contributed by atoms with van der Waals surface area (Å²) in [6, 6.07) is -2.78. The number of thioether (sulfide) groups is 1. The maximum atomic E-state index is 12.6. The molecule has 0 saturated carbocycles. The highest BCUT2D eigenvalue weighted by Gasteiger charge is 2.64. The second-order valence-corrected chi connectivity index (χ2v) is 8.67. The van der Waals surface area contributed by atoms with Crippen LogP contribution in [0.4, 0.5) is 0 Å². The number of carbonyl (C=O) groups is 3. The molecule has 0 bridgehead atoms. The lowest BCUT2D eigenvalue weighted by atomic mass is 9.95. The fraction of sp³-hybridized carbons (Fsp3) is 0.529. The normalized spacial score (nSPS) is 29.8. The van der Waals surface area contributed by atoms with E-state index >= 15 is 0 Å². The number of nitrogens with zero attached hydrogens (tertiary/aromatic N) is 2. The second-order valence-electron chi connectivity index (χ2n) is 6.90. The Morgan fingerprint density at radius 2 is 2.19 bits per heavy atom. The number of hydrogen-bond donors (Lipinski definition) is 2. The molecular formula is C17H19N3O5S.